The number of carbonyl (C=O) groups is 2. The molecule has 6 heteroatoms. The zero-order valence-corrected chi connectivity index (χ0v) is 14.4. The summed E-state index contributed by atoms with van der Waals surface area (Å²) in [5, 5.41) is 4.25. The van der Waals surface area contributed by atoms with Crippen LogP contribution < -0.4 is 0 Å². The summed E-state index contributed by atoms with van der Waals surface area (Å²) in [5.74, 6) is -0.522. The minimum absolute atomic E-state index is 0.107. The van der Waals surface area contributed by atoms with Crippen molar-refractivity contribution in [1.29, 1.82) is 0 Å². The largest absolute Gasteiger partial charge is 0.455 e. The molecule has 1 saturated heterocycles. The van der Waals surface area contributed by atoms with Gasteiger partial charge in [0, 0.05) is 24.3 Å². The Morgan fingerprint density at radius 1 is 1.24 bits per heavy atom. The topological polar surface area (TPSA) is 64.4 Å². The van der Waals surface area contributed by atoms with Gasteiger partial charge >= 0.3 is 5.97 Å². The SMILES string of the molecule is CC1CCCCN1C(=O)COC(=O)Cc1cnn(-c2ccccc2)c1. The number of carbonyl (C=O) groups excluding carboxylic acids is 2. The van der Waals surface area contributed by atoms with Crippen molar-refractivity contribution in [2.45, 2.75) is 38.6 Å². The second-order valence-electron chi connectivity index (χ2n) is 6.40. The van der Waals surface area contributed by atoms with E-state index >= 15 is 0 Å². The van der Waals surface area contributed by atoms with Crippen molar-refractivity contribution in [3.63, 3.8) is 0 Å². The first-order valence-corrected chi connectivity index (χ1v) is 8.67. The lowest BCUT2D eigenvalue weighted by molar-refractivity contribution is -0.152. The molecule has 1 amide bonds. The molecule has 1 unspecified atom stereocenters. The molecule has 1 aliphatic heterocycles. The van der Waals surface area contributed by atoms with Gasteiger partial charge in [-0.1, -0.05) is 18.2 Å². The summed E-state index contributed by atoms with van der Waals surface area (Å²) in [6.45, 7) is 2.61. The van der Waals surface area contributed by atoms with Gasteiger partial charge in [0.25, 0.3) is 5.91 Å². The third-order valence-corrected chi connectivity index (χ3v) is 4.49. The molecule has 0 N–H and O–H groups in total. The third-order valence-electron chi connectivity index (χ3n) is 4.49. The summed E-state index contributed by atoms with van der Waals surface area (Å²) in [6, 6.07) is 9.90. The lowest BCUT2D eigenvalue weighted by atomic mass is 10.0. The fraction of sp³-hybridized carbons (Fsp3) is 0.421. The molecule has 2 aromatic rings. The highest BCUT2D eigenvalue weighted by Crippen LogP contribution is 2.16. The normalized spacial score (nSPS) is 17.3. The van der Waals surface area contributed by atoms with Gasteiger partial charge in [0.05, 0.1) is 18.3 Å². The number of aromatic nitrogens is 2. The maximum absolute atomic E-state index is 12.2. The van der Waals surface area contributed by atoms with Gasteiger partial charge in [-0.2, -0.15) is 5.10 Å². The number of rotatable bonds is 5. The first-order valence-electron chi connectivity index (χ1n) is 8.67. The maximum atomic E-state index is 12.2. The monoisotopic (exact) mass is 341 g/mol. The molecule has 0 bridgehead atoms. The molecule has 0 aliphatic carbocycles. The van der Waals surface area contributed by atoms with Crippen LogP contribution in [0.5, 0.6) is 0 Å². The van der Waals surface area contributed by atoms with Gasteiger partial charge in [0.15, 0.2) is 6.61 Å². The van der Waals surface area contributed by atoms with E-state index in [4.69, 9.17) is 4.74 Å². The molecule has 1 fully saturated rings. The van der Waals surface area contributed by atoms with Crippen LogP contribution in [0.3, 0.4) is 0 Å². The van der Waals surface area contributed by atoms with Gasteiger partial charge in [0.1, 0.15) is 0 Å². The summed E-state index contributed by atoms with van der Waals surface area (Å²) in [7, 11) is 0. The number of hydrogen-bond acceptors (Lipinski definition) is 4. The van der Waals surface area contributed by atoms with Crippen LogP contribution in [-0.4, -0.2) is 45.8 Å². The zero-order valence-electron chi connectivity index (χ0n) is 14.4. The molecule has 0 spiro atoms. The van der Waals surface area contributed by atoms with Crippen molar-refractivity contribution in [2.75, 3.05) is 13.2 Å². The number of amides is 1. The number of ether oxygens (including phenoxy) is 1. The van der Waals surface area contributed by atoms with E-state index in [1.54, 1.807) is 17.1 Å². The van der Waals surface area contributed by atoms with Crippen LogP contribution in [0.15, 0.2) is 42.7 Å². The Kier molecular flexibility index (Phi) is 5.48. The van der Waals surface area contributed by atoms with Crippen LogP contribution in [0.1, 0.15) is 31.7 Å². The molecule has 0 radical (unpaired) electrons. The molecule has 3 rings (SSSR count). The predicted molar refractivity (Wildman–Crippen MR) is 93.3 cm³/mol. The van der Waals surface area contributed by atoms with Gasteiger partial charge < -0.3 is 9.64 Å². The average Bonchev–Trinajstić information content (AvgIpc) is 3.09. The molecule has 1 aromatic heterocycles. The number of nitrogens with zero attached hydrogens (tertiary/aromatic N) is 3. The fourth-order valence-electron chi connectivity index (χ4n) is 3.08. The van der Waals surface area contributed by atoms with E-state index in [0.717, 1.165) is 37.1 Å². The minimum atomic E-state index is -0.411. The quantitative estimate of drug-likeness (QED) is 0.783. The molecule has 1 aromatic carbocycles. The molecular weight excluding hydrogens is 318 g/mol. The van der Waals surface area contributed by atoms with Crippen LogP contribution in [0.4, 0.5) is 0 Å². The van der Waals surface area contributed by atoms with E-state index < -0.39 is 5.97 Å². The standard InChI is InChI=1S/C19H23N3O3/c1-15-7-5-6-10-21(15)18(23)14-25-19(24)11-16-12-20-22(13-16)17-8-3-2-4-9-17/h2-4,8-9,12-13,15H,5-7,10-11,14H2,1H3. The van der Waals surface area contributed by atoms with Crippen molar-refractivity contribution in [3.05, 3.63) is 48.3 Å². The molecule has 0 saturated carbocycles. The molecular formula is C19H23N3O3. The van der Waals surface area contributed by atoms with Gasteiger partial charge in [-0.15, -0.1) is 0 Å². The van der Waals surface area contributed by atoms with Crippen molar-refractivity contribution < 1.29 is 14.3 Å². The van der Waals surface area contributed by atoms with Crippen molar-refractivity contribution in [2.24, 2.45) is 0 Å². The second-order valence-corrected chi connectivity index (χ2v) is 6.40. The summed E-state index contributed by atoms with van der Waals surface area (Å²) >= 11 is 0. The molecule has 1 aliphatic rings. The van der Waals surface area contributed by atoms with Gasteiger partial charge in [0.2, 0.25) is 0 Å². The van der Waals surface area contributed by atoms with E-state index in [1.807, 2.05) is 42.2 Å². The Balaban J connectivity index is 1.50. The number of hydrogen-bond donors (Lipinski definition) is 0. The number of esters is 1. The lowest BCUT2D eigenvalue weighted by Crippen LogP contribution is -2.44. The number of piperidine rings is 1. The maximum Gasteiger partial charge on any atom is 0.310 e. The van der Waals surface area contributed by atoms with Crippen molar-refractivity contribution >= 4 is 11.9 Å². The first kappa shape index (κ1) is 17.2. The second kappa shape index (κ2) is 7.96. The molecule has 132 valence electrons. The van der Waals surface area contributed by atoms with Gasteiger partial charge in [-0.05, 0) is 38.3 Å². The molecule has 25 heavy (non-hydrogen) atoms. The Hall–Kier alpha value is -2.63. The molecule has 6 nitrogen and oxygen atoms in total. The van der Waals surface area contributed by atoms with E-state index in [-0.39, 0.29) is 25.0 Å². The zero-order chi connectivity index (χ0) is 17.6. The lowest BCUT2D eigenvalue weighted by Gasteiger charge is -2.33. The van der Waals surface area contributed by atoms with Crippen LogP contribution in [-0.2, 0) is 20.7 Å². The van der Waals surface area contributed by atoms with E-state index in [9.17, 15) is 9.59 Å². The third kappa shape index (κ3) is 4.47. The summed E-state index contributed by atoms with van der Waals surface area (Å²) in [5.41, 5.74) is 1.68. The molecule has 2 heterocycles. The van der Waals surface area contributed by atoms with Crippen molar-refractivity contribution in [3.8, 4) is 5.69 Å². The smallest absolute Gasteiger partial charge is 0.310 e. The Morgan fingerprint density at radius 2 is 2.04 bits per heavy atom. The van der Waals surface area contributed by atoms with E-state index in [0.29, 0.717) is 0 Å². The van der Waals surface area contributed by atoms with Crippen molar-refractivity contribution in [1.82, 2.24) is 14.7 Å². The van der Waals surface area contributed by atoms with E-state index in [1.165, 1.54) is 0 Å². The Labute approximate surface area is 147 Å². The Morgan fingerprint density at radius 3 is 2.80 bits per heavy atom. The van der Waals surface area contributed by atoms with Crippen LogP contribution in [0.2, 0.25) is 0 Å². The van der Waals surface area contributed by atoms with Gasteiger partial charge in [-0.25, -0.2) is 4.68 Å². The summed E-state index contributed by atoms with van der Waals surface area (Å²) < 4.78 is 6.87. The van der Waals surface area contributed by atoms with Gasteiger partial charge in [-0.3, -0.25) is 9.59 Å². The highest BCUT2D eigenvalue weighted by molar-refractivity contribution is 5.81. The first-order chi connectivity index (χ1) is 12.1. The number of para-hydroxylation sites is 1. The van der Waals surface area contributed by atoms with Crippen LogP contribution >= 0.6 is 0 Å². The summed E-state index contributed by atoms with van der Waals surface area (Å²) in [6.07, 6.45) is 6.72. The average molecular weight is 341 g/mol. The van der Waals surface area contributed by atoms with E-state index in [2.05, 4.69) is 5.10 Å². The highest BCUT2D eigenvalue weighted by atomic mass is 16.5. The number of benzene rings is 1. The minimum Gasteiger partial charge on any atom is -0.455 e. The number of likely N-dealkylation sites (tertiary alicyclic amines) is 1. The highest BCUT2D eigenvalue weighted by Gasteiger charge is 2.23. The predicted octanol–water partition coefficient (Wildman–Crippen LogP) is 2.36. The fourth-order valence-corrected chi connectivity index (χ4v) is 3.08. The Bertz CT molecular complexity index is 727. The molecule has 1 atom stereocenters. The van der Waals surface area contributed by atoms with Crippen LogP contribution in [0, 0.1) is 0 Å². The summed E-state index contributed by atoms with van der Waals surface area (Å²) in [4.78, 5) is 26.0. The van der Waals surface area contributed by atoms with Crippen LogP contribution in [0.25, 0.3) is 5.69 Å².